The van der Waals surface area contributed by atoms with Crippen molar-refractivity contribution >= 4 is 5.96 Å². The minimum Gasteiger partial charge on any atom is -0.493 e. The predicted molar refractivity (Wildman–Crippen MR) is 105 cm³/mol. The molecule has 26 heavy (non-hydrogen) atoms. The lowest BCUT2D eigenvalue weighted by Gasteiger charge is -2.22. The Bertz CT molecular complexity index is 557. The van der Waals surface area contributed by atoms with Gasteiger partial charge in [0.05, 0.1) is 20.3 Å². The molecule has 1 fully saturated rings. The number of hydrogen-bond acceptors (Lipinski definition) is 4. The quantitative estimate of drug-likeness (QED) is 0.401. The molecule has 0 unspecified atom stereocenters. The highest BCUT2D eigenvalue weighted by atomic mass is 16.5. The third kappa shape index (κ3) is 6.75. The molecule has 0 amide bonds. The fraction of sp³-hybridized carbons (Fsp3) is 0.650. The SMILES string of the molecule is CN=C(NCCCOC1CCCCC1)NCc1ccc(OC)c(OC)c1. The van der Waals surface area contributed by atoms with Gasteiger partial charge in [0.25, 0.3) is 0 Å². The molecule has 0 saturated heterocycles. The lowest BCUT2D eigenvalue weighted by atomic mass is 9.98. The Hall–Kier alpha value is -1.95. The summed E-state index contributed by atoms with van der Waals surface area (Å²) >= 11 is 0. The summed E-state index contributed by atoms with van der Waals surface area (Å²) in [6.07, 6.45) is 7.90. The summed E-state index contributed by atoms with van der Waals surface area (Å²) < 4.78 is 16.6. The molecule has 0 radical (unpaired) electrons. The van der Waals surface area contributed by atoms with Gasteiger partial charge in [-0.15, -0.1) is 0 Å². The first-order valence-electron chi connectivity index (χ1n) is 9.54. The third-order valence-electron chi connectivity index (χ3n) is 4.65. The summed E-state index contributed by atoms with van der Waals surface area (Å²) in [5.41, 5.74) is 1.10. The Kier molecular flexibility index (Phi) is 9.10. The topological polar surface area (TPSA) is 64.1 Å². The number of nitrogens with one attached hydrogen (secondary N) is 2. The molecule has 0 aromatic heterocycles. The fourth-order valence-corrected chi connectivity index (χ4v) is 3.16. The summed E-state index contributed by atoms with van der Waals surface area (Å²) in [5, 5.41) is 6.65. The summed E-state index contributed by atoms with van der Waals surface area (Å²) in [5.74, 6) is 2.25. The second-order valence-corrected chi connectivity index (χ2v) is 6.53. The van der Waals surface area contributed by atoms with E-state index in [2.05, 4.69) is 15.6 Å². The van der Waals surface area contributed by atoms with Gasteiger partial charge in [-0.1, -0.05) is 25.3 Å². The minimum atomic E-state index is 0.478. The van der Waals surface area contributed by atoms with Crippen LogP contribution in [0.25, 0.3) is 0 Å². The first kappa shape index (κ1) is 20.4. The van der Waals surface area contributed by atoms with Gasteiger partial charge in [0.2, 0.25) is 0 Å². The molecular formula is C20H33N3O3. The van der Waals surface area contributed by atoms with E-state index in [4.69, 9.17) is 14.2 Å². The molecule has 1 aliphatic carbocycles. The maximum Gasteiger partial charge on any atom is 0.191 e. The van der Waals surface area contributed by atoms with Crippen molar-refractivity contribution in [2.75, 3.05) is 34.4 Å². The maximum atomic E-state index is 5.95. The van der Waals surface area contributed by atoms with Gasteiger partial charge in [-0.2, -0.15) is 0 Å². The smallest absolute Gasteiger partial charge is 0.191 e. The maximum absolute atomic E-state index is 5.95. The van der Waals surface area contributed by atoms with E-state index >= 15 is 0 Å². The van der Waals surface area contributed by atoms with Crippen LogP contribution in [0, 0.1) is 0 Å². The van der Waals surface area contributed by atoms with Crippen LogP contribution in [0.5, 0.6) is 11.5 Å². The van der Waals surface area contributed by atoms with Gasteiger partial charge in [0.15, 0.2) is 17.5 Å². The van der Waals surface area contributed by atoms with Crippen molar-refractivity contribution < 1.29 is 14.2 Å². The van der Waals surface area contributed by atoms with Crippen LogP contribution in [0.1, 0.15) is 44.1 Å². The van der Waals surface area contributed by atoms with Gasteiger partial charge in [0, 0.05) is 26.7 Å². The third-order valence-corrected chi connectivity index (χ3v) is 4.65. The van der Waals surface area contributed by atoms with Crippen molar-refractivity contribution in [1.29, 1.82) is 0 Å². The number of ether oxygens (including phenoxy) is 3. The summed E-state index contributed by atoms with van der Waals surface area (Å²) in [4.78, 5) is 4.26. The van der Waals surface area contributed by atoms with Crippen molar-refractivity contribution in [2.45, 2.75) is 51.2 Å². The molecule has 1 aromatic rings. The zero-order valence-corrected chi connectivity index (χ0v) is 16.3. The largest absolute Gasteiger partial charge is 0.493 e. The molecule has 0 spiro atoms. The zero-order chi connectivity index (χ0) is 18.6. The van der Waals surface area contributed by atoms with E-state index in [1.807, 2.05) is 18.2 Å². The van der Waals surface area contributed by atoms with Crippen molar-refractivity contribution in [3.05, 3.63) is 23.8 Å². The van der Waals surface area contributed by atoms with Gasteiger partial charge in [-0.25, -0.2) is 0 Å². The number of rotatable bonds is 9. The van der Waals surface area contributed by atoms with Crippen LogP contribution in [0.15, 0.2) is 23.2 Å². The van der Waals surface area contributed by atoms with Crippen molar-refractivity contribution in [1.82, 2.24) is 10.6 Å². The summed E-state index contributed by atoms with van der Waals surface area (Å²) in [7, 11) is 5.06. The molecule has 2 rings (SSSR count). The molecule has 0 heterocycles. The van der Waals surface area contributed by atoms with E-state index < -0.39 is 0 Å². The number of aliphatic imine (C=N–C) groups is 1. The van der Waals surface area contributed by atoms with E-state index in [0.29, 0.717) is 12.6 Å². The van der Waals surface area contributed by atoms with Crippen LogP contribution in [0.4, 0.5) is 0 Å². The molecule has 1 saturated carbocycles. The Morgan fingerprint density at radius 1 is 1.08 bits per heavy atom. The number of nitrogens with zero attached hydrogens (tertiary/aromatic N) is 1. The molecule has 6 heteroatoms. The zero-order valence-electron chi connectivity index (χ0n) is 16.3. The van der Waals surface area contributed by atoms with Gasteiger partial charge in [-0.3, -0.25) is 4.99 Å². The van der Waals surface area contributed by atoms with Crippen LogP contribution in [0.3, 0.4) is 0 Å². The number of hydrogen-bond donors (Lipinski definition) is 2. The van der Waals surface area contributed by atoms with Crippen LogP contribution >= 0.6 is 0 Å². The molecular weight excluding hydrogens is 330 g/mol. The number of methoxy groups -OCH3 is 2. The van der Waals surface area contributed by atoms with Gasteiger partial charge in [-0.05, 0) is 37.0 Å². The molecule has 0 aliphatic heterocycles. The molecule has 1 aliphatic rings. The highest BCUT2D eigenvalue weighted by molar-refractivity contribution is 5.79. The van der Waals surface area contributed by atoms with Crippen LogP contribution in [-0.2, 0) is 11.3 Å². The van der Waals surface area contributed by atoms with E-state index in [9.17, 15) is 0 Å². The van der Waals surface area contributed by atoms with Gasteiger partial charge >= 0.3 is 0 Å². The van der Waals surface area contributed by atoms with Crippen molar-refractivity contribution in [3.63, 3.8) is 0 Å². The minimum absolute atomic E-state index is 0.478. The molecule has 2 N–H and O–H groups in total. The molecule has 1 aromatic carbocycles. The first-order chi connectivity index (χ1) is 12.8. The van der Waals surface area contributed by atoms with Crippen LogP contribution < -0.4 is 20.1 Å². The van der Waals surface area contributed by atoms with E-state index in [0.717, 1.165) is 42.6 Å². The lowest BCUT2D eigenvalue weighted by molar-refractivity contribution is 0.0277. The second-order valence-electron chi connectivity index (χ2n) is 6.53. The highest BCUT2D eigenvalue weighted by Crippen LogP contribution is 2.27. The molecule has 0 bridgehead atoms. The highest BCUT2D eigenvalue weighted by Gasteiger charge is 2.13. The molecule has 0 atom stereocenters. The van der Waals surface area contributed by atoms with E-state index in [1.165, 1.54) is 32.1 Å². The number of benzene rings is 1. The summed E-state index contributed by atoms with van der Waals surface area (Å²) in [6, 6.07) is 5.89. The Balaban J connectivity index is 1.66. The Labute approximate surface area is 157 Å². The van der Waals surface area contributed by atoms with E-state index in [-0.39, 0.29) is 0 Å². The van der Waals surface area contributed by atoms with Crippen molar-refractivity contribution in [2.24, 2.45) is 4.99 Å². The second kappa shape index (κ2) is 11.6. The first-order valence-corrected chi connectivity index (χ1v) is 9.54. The average Bonchev–Trinajstić information content (AvgIpc) is 2.70. The lowest BCUT2D eigenvalue weighted by Crippen LogP contribution is -2.37. The monoisotopic (exact) mass is 363 g/mol. The Morgan fingerprint density at radius 2 is 1.85 bits per heavy atom. The van der Waals surface area contributed by atoms with Crippen molar-refractivity contribution in [3.8, 4) is 11.5 Å². The standard InChI is InChI=1S/C20H33N3O3/c1-21-20(22-12-7-13-26-17-8-5-4-6-9-17)23-15-16-10-11-18(24-2)19(14-16)25-3/h10-11,14,17H,4-9,12-13,15H2,1-3H3,(H2,21,22,23). The normalized spacial score (nSPS) is 15.6. The van der Waals surface area contributed by atoms with Crippen LogP contribution in [-0.4, -0.2) is 46.5 Å². The summed E-state index contributed by atoms with van der Waals surface area (Å²) in [6.45, 7) is 2.32. The molecule has 6 nitrogen and oxygen atoms in total. The predicted octanol–water partition coefficient (Wildman–Crippen LogP) is 3.11. The van der Waals surface area contributed by atoms with Gasteiger partial charge < -0.3 is 24.8 Å². The Morgan fingerprint density at radius 3 is 2.54 bits per heavy atom. The average molecular weight is 364 g/mol. The fourth-order valence-electron chi connectivity index (χ4n) is 3.16. The van der Waals surface area contributed by atoms with Crippen LogP contribution in [0.2, 0.25) is 0 Å². The molecule has 146 valence electrons. The van der Waals surface area contributed by atoms with E-state index in [1.54, 1.807) is 21.3 Å². The van der Waals surface area contributed by atoms with Gasteiger partial charge in [0.1, 0.15) is 0 Å². The number of guanidine groups is 1.